The van der Waals surface area contributed by atoms with Crippen molar-refractivity contribution < 1.29 is 9.53 Å². The molecule has 1 atom stereocenters. The topological polar surface area (TPSA) is 78.2 Å². The van der Waals surface area contributed by atoms with Crippen LogP contribution in [0.2, 0.25) is 0 Å². The molecular weight excluding hydrogens is 480 g/mol. The Morgan fingerprint density at radius 2 is 2.11 bits per heavy atom. The summed E-state index contributed by atoms with van der Waals surface area (Å²) in [6.45, 7) is 3.70. The van der Waals surface area contributed by atoms with Gasteiger partial charge in [0.2, 0.25) is 0 Å². The standard InChI is InChI=1S/C30H28N4O2S/c1-19-5-6-22(36-18-21-9-13-34(21)2)16-25(19)29(35)33-30(10-11-30)26-14-20(28-8-7-23(17-31)37-28)15-27-24(26)4-3-12-32-27/h3-8,12,14-16,21H,9-11,13,18H2,1-2H3,(H,33,35). The zero-order valence-corrected chi connectivity index (χ0v) is 21.8. The molecule has 1 saturated heterocycles. The van der Waals surface area contributed by atoms with Crippen molar-refractivity contribution in [2.45, 2.75) is 37.8 Å². The van der Waals surface area contributed by atoms with Gasteiger partial charge >= 0.3 is 0 Å². The maximum atomic E-state index is 13.6. The molecule has 1 saturated carbocycles. The highest BCUT2D eigenvalue weighted by Crippen LogP contribution is 2.49. The quantitative estimate of drug-likeness (QED) is 0.349. The number of carbonyl (C=O) groups excluding carboxylic acids is 1. The molecule has 1 aliphatic heterocycles. The Morgan fingerprint density at radius 3 is 2.81 bits per heavy atom. The van der Waals surface area contributed by atoms with Crippen molar-refractivity contribution in [2.24, 2.45) is 0 Å². The summed E-state index contributed by atoms with van der Waals surface area (Å²) < 4.78 is 6.04. The van der Waals surface area contributed by atoms with Crippen molar-refractivity contribution in [3.8, 4) is 22.3 Å². The van der Waals surface area contributed by atoms with Crippen LogP contribution < -0.4 is 10.1 Å². The average Bonchev–Trinajstić information content (AvgIpc) is 3.52. The Labute approximate surface area is 220 Å². The maximum absolute atomic E-state index is 13.6. The van der Waals surface area contributed by atoms with Crippen LogP contribution in [0, 0.1) is 18.3 Å². The number of carbonyl (C=O) groups is 1. The Morgan fingerprint density at radius 1 is 1.24 bits per heavy atom. The van der Waals surface area contributed by atoms with Crippen molar-refractivity contribution in [3.05, 3.63) is 82.4 Å². The van der Waals surface area contributed by atoms with E-state index in [-0.39, 0.29) is 5.91 Å². The van der Waals surface area contributed by atoms with Crippen LogP contribution in [0.1, 0.15) is 45.6 Å². The lowest BCUT2D eigenvalue weighted by atomic mass is 9.95. The number of thiophene rings is 1. The highest BCUT2D eigenvalue weighted by molar-refractivity contribution is 7.16. The second kappa shape index (κ2) is 9.29. The summed E-state index contributed by atoms with van der Waals surface area (Å²) in [4.78, 5) is 22.2. The molecule has 4 aromatic rings. The first-order valence-electron chi connectivity index (χ1n) is 12.6. The van der Waals surface area contributed by atoms with Crippen molar-refractivity contribution in [2.75, 3.05) is 20.2 Å². The van der Waals surface area contributed by atoms with Gasteiger partial charge in [0.25, 0.3) is 5.91 Å². The molecule has 1 amide bonds. The molecule has 0 spiro atoms. The number of hydrogen-bond donors (Lipinski definition) is 1. The highest BCUT2D eigenvalue weighted by atomic mass is 32.1. The van der Waals surface area contributed by atoms with E-state index in [0.717, 1.165) is 64.0 Å². The third-order valence-electron chi connectivity index (χ3n) is 7.67. The number of aryl methyl sites for hydroxylation is 1. The number of rotatable bonds is 7. The Hall–Kier alpha value is -3.73. The van der Waals surface area contributed by atoms with E-state index in [1.807, 2.05) is 43.3 Å². The number of pyridine rings is 1. The monoisotopic (exact) mass is 508 g/mol. The number of nitriles is 1. The SMILES string of the molecule is Cc1ccc(OCC2CCN2C)cc1C(=O)NC1(c2cc(-c3ccc(C#N)s3)cc3ncccc23)CC1. The van der Waals surface area contributed by atoms with Crippen molar-refractivity contribution in [1.29, 1.82) is 5.26 Å². The molecular formula is C30H28N4O2S. The van der Waals surface area contributed by atoms with E-state index >= 15 is 0 Å². The van der Waals surface area contributed by atoms with Gasteiger partial charge in [-0.15, -0.1) is 11.3 Å². The molecule has 1 aliphatic carbocycles. The molecule has 7 heteroatoms. The van der Waals surface area contributed by atoms with E-state index in [9.17, 15) is 10.1 Å². The Bertz CT molecular complexity index is 1550. The minimum Gasteiger partial charge on any atom is -0.492 e. The minimum atomic E-state index is -0.443. The highest BCUT2D eigenvalue weighted by Gasteiger charge is 2.47. The number of nitrogens with zero attached hydrogens (tertiary/aromatic N) is 3. The molecule has 0 bridgehead atoms. The van der Waals surface area contributed by atoms with Crippen molar-refractivity contribution in [3.63, 3.8) is 0 Å². The molecule has 2 aromatic heterocycles. The summed E-state index contributed by atoms with van der Waals surface area (Å²) >= 11 is 1.47. The van der Waals surface area contributed by atoms with Crippen LogP contribution in [0.5, 0.6) is 5.75 Å². The maximum Gasteiger partial charge on any atom is 0.252 e. The second-order valence-corrected chi connectivity index (χ2v) is 11.2. The van der Waals surface area contributed by atoms with Gasteiger partial charge in [0.1, 0.15) is 23.3 Å². The summed E-state index contributed by atoms with van der Waals surface area (Å²) in [5, 5.41) is 13.7. The second-order valence-electron chi connectivity index (χ2n) is 10.1. The molecule has 2 fully saturated rings. The first-order valence-corrected chi connectivity index (χ1v) is 13.4. The number of benzene rings is 2. The van der Waals surface area contributed by atoms with E-state index in [1.165, 1.54) is 11.3 Å². The van der Waals surface area contributed by atoms with Gasteiger partial charge in [0.15, 0.2) is 0 Å². The summed E-state index contributed by atoms with van der Waals surface area (Å²) in [5.74, 6) is 0.634. The molecule has 6 rings (SSSR count). The van der Waals surface area contributed by atoms with Gasteiger partial charge in [-0.05, 0) is 98.9 Å². The first kappa shape index (κ1) is 23.7. The fraction of sp³-hybridized carbons (Fsp3) is 0.300. The molecule has 3 heterocycles. The van der Waals surface area contributed by atoms with Gasteiger partial charge in [-0.25, -0.2) is 0 Å². The van der Waals surface area contributed by atoms with Gasteiger partial charge in [0.05, 0.1) is 11.1 Å². The van der Waals surface area contributed by atoms with E-state index < -0.39 is 5.54 Å². The van der Waals surface area contributed by atoms with E-state index in [2.05, 4.69) is 46.5 Å². The van der Waals surface area contributed by atoms with E-state index in [0.29, 0.717) is 23.1 Å². The third kappa shape index (κ3) is 4.48. The number of fused-ring (bicyclic) bond motifs is 1. The summed E-state index contributed by atoms with van der Waals surface area (Å²) in [6, 6.07) is 20.5. The molecule has 1 unspecified atom stereocenters. The van der Waals surface area contributed by atoms with Crippen LogP contribution in [0.25, 0.3) is 21.3 Å². The smallest absolute Gasteiger partial charge is 0.252 e. The zero-order valence-electron chi connectivity index (χ0n) is 21.0. The number of ether oxygens (including phenoxy) is 1. The number of aromatic nitrogens is 1. The lowest BCUT2D eigenvalue weighted by Gasteiger charge is -2.37. The fourth-order valence-corrected chi connectivity index (χ4v) is 5.84. The Balaban J connectivity index is 1.30. The van der Waals surface area contributed by atoms with Gasteiger partial charge in [-0.3, -0.25) is 14.7 Å². The molecule has 186 valence electrons. The minimum absolute atomic E-state index is 0.0912. The Kier molecular flexibility index (Phi) is 5.94. The van der Waals surface area contributed by atoms with Crippen molar-refractivity contribution >= 4 is 28.1 Å². The van der Waals surface area contributed by atoms with Crippen LogP contribution in [0.15, 0.2) is 60.8 Å². The van der Waals surface area contributed by atoms with Gasteiger partial charge in [0, 0.05) is 28.1 Å². The van der Waals surface area contributed by atoms with Crippen LogP contribution in [-0.4, -0.2) is 42.0 Å². The van der Waals surface area contributed by atoms with Gasteiger partial charge in [-0.1, -0.05) is 12.1 Å². The summed E-state index contributed by atoms with van der Waals surface area (Å²) in [7, 11) is 2.11. The van der Waals surface area contributed by atoms with Crippen LogP contribution >= 0.6 is 11.3 Å². The van der Waals surface area contributed by atoms with E-state index in [1.54, 1.807) is 6.20 Å². The average molecular weight is 509 g/mol. The van der Waals surface area contributed by atoms with Crippen LogP contribution in [-0.2, 0) is 5.54 Å². The van der Waals surface area contributed by atoms with Crippen LogP contribution in [0.4, 0.5) is 0 Å². The van der Waals surface area contributed by atoms with Gasteiger partial charge < -0.3 is 10.1 Å². The molecule has 37 heavy (non-hydrogen) atoms. The predicted molar refractivity (Wildman–Crippen MR) is 146 cm³/mol. The number of likely N-dealkylation sites (tertiary alicyclic amines) is 1. The lowest BCUT2D eigenvalue weighted by Crippen LogP contribution is -2.48. The largest absolute Gasteiger partial charge is 0.492 e. The first-order chi connectivity index (χ1) is 18.0. The third-order valence-corrected chi connectivity index (χ3v) is 8.71. The molecule has 2 aliphatic rings. The van der Waals surface area contributed by atoms with Crippen LogP contribution in [0.3, 0.4) is 0 Å². The fourth-order valence-electron chi connectivity index (χ4n) is 5.05. The number of nitrogens with one attached hydrogen (secondary N) is 1. The van der Waals surface area contributed by atoms with Crippen molar-refractivity contribution in [1.82, 2.24) is 15.2 Å². The number of amides is 1. The lowest BCUT2D eigenvalue weighted by molar-refractivity contribution is 0.0767. The summed E-state index contributed by atoms with van der Waals surface area (Å²) in [6.07, 6.45) is 4.66. The molecule has 2 aromatic carbocycles. The normalized spacial score (nSPS) is 18.1. The summed E-state index contributed by atoms with van der Waals surface area (Å²) in [5.41, 5.74) is 4.09. The number of hydrogen-bond acceptors (Lipinski definition) is 6. The molecule has 0 radical (unpaired) electrons. The number of likely N-dealkylation sites (N-methyl/N-ethyl adjacent to an activating group) is 1. The zero-order chi connectivity index (χ0) is 25.6. The van der Waals surface area contributed by atoms with E-state index in [4.69, 9.17) is 4.74 Å². The molecule has 1 N–H and O–H groups in total. The predicted octanol–water partition coefficient (Wildman–Crippen LogP) is 5.65. The molecule has 6 nitrogen and oxygen atoms in total. The van der Waals surface area contributed by atoms with Gasteiger partial charge in [-0.2, -0.15) is 5.26 Å².